The second kappa shape index (κ2) is 4.84. The Hall–Kier alpha value is -0.250. The largest absolute Gasteiger partial charge is 0.398 e. The van der Waals surface area contributed by atoms with E-state index in [2.05, 4.69) is 28.2 Å². The van der Waals surface area contributed by atoms with Crippen molar-refractivity contribution in [1.29, 1.82) is 0 Å². The molecule has 0 saturated heterocycles. The number of hydrogen-bond acceptors (Lipinski definition) is 2. The predicted octanol–water partition coefficient (Wildman–Crippen LogP) is 2.79. The fourth-order valence-corrected chi connectivity index (χ4v) is 2.03. The Bertz CT molecular complexity index is 279. The van der Waals surface area contributed by atoms with Crippen LogP contribution in [0.4, 0.5) is 5.69 Å². The molecule has 0 unspecified atom stereocenters. The molecule has 1 rings (SSSR count). The van der Waals surface area contributed by atoms with Gasteiger partial charge in [-0.05, 0) is 18.7 Å². The molecular weight excluding hydrogens is 251 g/mol. The molecule has 2 nitrogen and oxygen atoms in total. The van der Waals surface area contributed by atoms with Crippen molar-refractivity contribution < 1.29 is 0 Å². The Morgan fingerprint density at radius 3 is 2.77 bits per heavy atom. The molecule has 0 bridgehead atoms. The van der Waals surface area contributed by atoms with E-state index in [4.69, 9.17) is 17.3 Å². The van der Waals surface area contributed by atoms with Crippen LogP contribution in [0.5, 0.6) is 0 Å². The van der Waals surface area contributed by atoms with Gasteiger partial charge in [-0.3, -0.25) is 0 Å². The minimum Gasteiger partial charge on any atom is -0.398 e. The van der Waals surface area contributed by atoms with Crippen LogP contribution in [0.2, 0.25) is 5.02 Å². The summed E-state index contributed by atoms with van der Waals surface area (Å²) in [4.78, 5) is 0. The van der Waals surface area contributed by atoms with Crippen molar-refractivity contribution in [2.45, 2.75) is 13.5 Å². The molecule has 0 aliphatic carbocycles. The average Bonchev–Trinajstić information content (AvgIpc) is 2.02. The lowest BCUT2D eigenvalue weighted by atomic mass is 10.2. The minimum absolute atomic E-state index is 0.657. The number of nitrogen functional groups attached to an aromatic ring is 1. The second-order valence-electron chi connectivity index (χ2n) is 2.74. The zero-order valence-corrected chi connectivity index (χ0v) is 9.74. The van der Waals surface area contributed by atoms with E-state index in [0.29, 0.717) is 5.02 Å². The van der Waals surface area contributed by atoms with Gasteiger partial charge in [-0.15, -0.1) is 0 Å². The summed E-state index contributed by atoms with van der Waals surface area (Å²) in [6.07, 6.45) is 0. The van der Waals surface area contributed by atoms with Gasteiger partial charge in [-0.25, -0.2) is 0 Å². The van der Waals surface area contributed by atoms with Crippen LogP contribution in [-0.4, -0.2) is 6.54 Å². The zero-order chi connectivity index (χ0) is 9.84. The van der Waals surface area contributed by atoms with Crippen molar-refractivity contribution in [2.75, 3.05) is 12.3 Å². The molecule has 0 radical (unpaired) electrons. The number of nitrogens with two attached hydrogens (primary N) is 1. The van der Waals surface area contributed by atoms with E-state index >= 15 is 0 Å². The summed E-state index contributed by atoms with van der Waals surface area (Å²) in [6.45, 7) is 3.74. The molecule has 0 atom stereocenters. The van der Waals surface area contributed by atoms with Gasteiger partial charge >= 0.3 is 0 Å². The first-order chi connectivity index (χ1) is 6.15. The summed E-state index contributed by atoms with van der Waals surface area (Å²) in [5, 5.41) is 3.87. The van der Waals surface area contributed by atoms with Crippen LogP contribution in [0.15, 0.2) is 16.6 Å². The molecule has 0 aromatic heterocycles. The molecular formula is C9H12BrClN2. The van der Waals surface area contributed by atoms with Crippen LogP contribution in [0, 0.1) is 0 Å². The van der Waals surface area contributed by atoms with Gasteiger partial charge in [-0.1, -0.05) is 34.5 Å². The predicted molar refractivity (Wildman–Crippen MR) is 60.9 cm³/mol. The highest BCUT2D eigenvalue weighted by molar-refractivity contribution is 9.10. The van der Waals surface area contributed by atoms with Crippen LogP contribution in [0.25, 0.3) is 0 Å². The molecule has 0 heterocycles. The Morgan fingerprint density at radius 2 is 2.23 bits per heavy atom. The Kier molecular flexibility index (Phi) is 4.03. The van der Waals surface area contributed by atoms with Gasteiger partial charge in [0.15, 0.2) is 0 Å². The number of nitrogens with one attached hydrogen (secondary N) is 1. The second-order valence-corrected chi connectivity index (χ2v) is 4.03. The van der Waals surface area contributed by atoms with Crippen LogP contribution in [-0.2, 0) is 6.54 Å². The standard InChI is InChI=1S/C9H12BrClN2/c1-2-13-5-7-8(10)3-6(11)4-9(7)12/h3-4,13H,2,5,12H2,1H3. The molecule has 13 heavy (non-hydrogen) atoms. The SMILES string of the molecule is CCNCc1c(N)cc(Cl)cc1Br. The van der Waals surface area contributed by atoms with E-state index in [1.165, 1.54) is 0 Å². The molecule has 0 aliphatic rings. The van der Waals surface area contributed by atoms with E-state index in [9.17, 15) is 0 Å². The number of hydrogen-bond donors (Lipinski definition) is 2. The fraction of sp³-hybridized carbons (Fsp3) is 0.333. The van der Waals surface area contributed by atoms with Gasteiger partial charge in [-0.2, -0.15) is 0 Å². The summed E-state index contributed by atoms with van der Waals surface area (Å²) in [7, 11) is 0. The lowest BCUT2D eigenvalue weighted by Gasteiger charge is -2.09. The van der Waals surface area contributed by atoms with Crippen LogP contribution in [0.3, 0.4) is 0 Å². The minimum atomic E-state index is 0.657. The third-order valence-electron chi connectivity index (χ3n) is 1.75. The van der Waals surface area contributed by atoms with Gasteiger partial charge in [0.2, 0.25) is 0 Å². The molecule has 0 saturated carbocycles. The van der Waals surface area contributed by atoms with Crippen molar-refractivity contribution in [1.82, 2.24) is 5.32 Å². The Labute approximate surface area is 91.6 Å². The van der Waals surface area contributed by atoms with Crippen molar-refractivity contribution in [3.8, 4) is 0 Å². The van der Waals surface area contributed by atoms with Gasteiger partial charge < -0.3 is 11.1 Å². The number of anilines is 1. The van der Waals surface area contributed by atoms with E-state index in [1.54, 1.807) is 6.07 Å². The van der Waals surface area contributed by atoms with Gasteiger partial charge in [0.05, 0.1) is 0 Å². The lowest BCUT2D eigenvalue weighted by molar-refractivity contribution is 0.726. The summed E-state index contributed by atoms with van der Waals surface area (Å²) in [5.41, 5.74) is 7.59. The van der Waals surface area contributed by atoms with Crippen LogP contribution >= 0.6 is 27.5 Å². The van der Waals surface area contributed by atoms with Crippen molar-refractivity contribution in [3.63, 3.8) is 0 Å². The highest BCUT2D eigenvalue weighted by Crippen LogP contribution is 2.27. The number of halogens is 2. The quantitative estimate of drug-likeness (QED) is 0.823. The summed E-state index contributed by atoms with van der Waals surface area (Å²) in [6, 6.07) is 3.61. The topological polar surface area (TPSA) is 38.0 Å². The van der Waals surface area contributed by atoms with Crippen molar-refractivity contribution in [2.24, 2.45) is 0 Å². The van der Waals surface area contributed by atoms with Gasteiger partial charge in [0.25, 0.3) is 0 Å². The summed E-state index contributed by atoms with van der Waals surface area (Å²) < 4.78 is 0.957. The van der Waals surface area contributed by atoms with Crippen molar-refractivity contribution >= 4 is 33.2 Å². The molecule has 4 heteroatoms. The first-order valence-electron chi connectivity index (χ1n) is 4.09. The average molecular weight is 264 g/mol. The van der Waals surface area contributed by atoms with E-state index in [1.807, 2.05) is 6.07 Å². The monoisotopic (exact) mass is 262 g/mol. The molecule has 3 N–H and O–H groups in total. The number of benzene rings is 1. The van der Waals surface area contributed by atoms with Crippen LogP contribution in [0.1, 0.15) is 12.5 Å². The Morgan fingerprint density at radius 1 is 1.54 bits per heavy atom. The highest BCUT2D eigenvalue weighted by atomic mass is 79.9. The molecule has 1 aromatic rings. The molecule has 0 spiro atoms. The maximum absolute atomic E-state index is 5.83. The third-order valence-corrected chi connectivity index (χ3v) is 2.67. The van der Waals surface area contributed by atoms with E-state index in [-0.39, 0.29) is 0 Å². The van der Waals surface area contributed by atoms with Crippen LogP contribution < -0.4 is 11.1 Å². The van der Waals surface area contributed by atoms with Gasteiger partial charge in [0.1, 0.15) is 0 Å². The maximum Gasteiger partial charge on any atom is 0.0437 e. The zero-order valence-electron chi connectivity index (χ0n) is 7.40. The molecule has 1 aromatic carbocycles. The lowest BCUT2D eigenvalue weighted by Crippen LogP contribution is -2.13. The third kappa shape index (κ3) is 2.86. The number of rotatable bonds is 3. The summed E-state index contributed by atoms with van der Waals surface area (Å²) in [5.74, 6) is 0. The molecule has 0 amide bonds. The van der Waals surface area contributed by atoms with E-state index < -0.39 is 0 Å². The molecule has 0 aliphatic heterocycles. The summed E-state index contributed by atoms with van der Waals surface area (Å²) >= 11 is 9.25. The normalized spacial score (nSPS) is 10.4. The van der Waals surface area contributed by atoms with Crippen molar-refractivity contribution in [3.05, 3.63) is 27.2 Å². The first kappa shape index (κ1) is 10.8. The highest BCUT2D eigenvalue weighted by Gasteiger charge is 2.05. The Balaban J connectivity index is 2.92. The smallest absolute Gasteiger partial charge is 0.0437 e. The molecule has 72 valence electrons. The van der Waals surface area contributed by atoms with E-state index in [0.717, 1.165) is 28.8 Å². The first-order valence-corrected chi connectivity index (χ1v) is 5.26. The maximum atomic E-state index is 5.83. The van der Waals surface area contributed by atoms with Gasteiger partial charge in [0, 0.05) is 27.3 Å². The fourth-order valence-electron chi connectivity index (χ4n) is 1.06. The molecule has 0 fully saturated rings.